The summed E-state index contributed by atoms with van der Waals surface area (Å²) in [5.74, 6) is 0.534. The van der Waals surface area contributed by atoms with Gasteiger partial charge in [0.25, 0.3) is 0 Å². The van der Waals surface area contributed by atoms with E-state index in [0.717, 1.165) is 16.6 Å². The van der Waals surface area contributed by atoms with Crippen LogP contribution in [0.3, 0.4) is 0 Å². The average Bonchev–Trinajstić information content (AvgIpc) is 2.96. The molecule has 3 rings (SSSR count). The van der Waals surface area contributed by atoms with Gasteiger partial charge in [0.2, 0.25) is 6.39 Å². The zero-order valence-corrected chi connectivity index (χ0v) is 8.29. The number of hydrogen-bond donors (Lipinski definition) is 1. The molecule has 1 N–H and O–H groups in total. The molecule has 0 radical (unpaired) electrons. The number of rotatable bonds is 2. The van der Waals surface area contributed by atoms with Crippen molar-refractivity contribution in [3.05, 3.63) is 42.2 Å². The van der Waals surface area contributed by atoms with Gasteiger partial charge in [0.05, 0.1) is 11.2 Å². The minimum absolute atomic E-state index is 0.534. The topological polar surface area (TPSA) is 67.6 Å². The number of H-pyrrole nitrogens is 1. The molecule has 0 saturated carbocycles. The monoisotopic (exact) mass is 212 g/mol. The summed E-state index contributed by atoms with van der Waals surface area (Å²) in [4.78, 5) is 3.89. The molecule has 5 heteroatoms. The molecule has 0 bridgehead atoms. The zero-order chi connectivity index (χ0) is 10.8. The van der Waals surface area contributed by atoms with Gasteiger partial charge in [0, 0.05) is 5.39 Å². The van der Waals surface area contributed by atoms with E-state index < -0.39 is 0 Å². The zero-order valence-electron chi connectivity index (χ0n) is 8.29. The largest absolute Gasteiger partial charge is 0.342 e. The Balaban J connectivity index is 2.01. The maximum absolute atomic E-state index is 4.63. The summed E-state index contributed by atoms with van der Waals surface area (Å²) in [5, 5.41) is 11.9. The fraction of sp³-hybridized carbons (Fsp3) is 0. The molecule has 0 saturated heterocycles. The van der Waals surface area contributed by atoms with E-state index in [2.05, 4.69) is 24.9 Å². The molecule has 3 aromatic rings. The standard InChI is InChI=1S/C11H8N4O/c1-2-4-9-8(3-1)10(14-13-9)5-6-11-12-7-16-15-11/h1-7H,(H,13,14). The van der Waals surface area contributed by atoms with E-state index in [9.17, 15) is 0 Å². The van der Waals surface area contributed by atoms with Gasteiger partial charge in [-0.15, -0.1) is 0 Å². The highest BCUT2D eigenvalue weighted by atomic mass is 16.5. The normalized spacial score (nSPS) is 11.5. The van der Waals surface area contributed by atoms with Crippen LogP contribution in [0.2, 0.25) is 0 Å². The van der Waals surface area contributed by atoms with Gasteiger partial charge < -0.3 is 4.52 Å². The van der Waals surface area contributed by atoms with Crippen LogP contribution in [-0.4, -0.2) is 20.3 Å². The Hall–Kier alpha value is -2.43. The van der Waals surface area contributed by atoms with Gasteiger partial charge in [-0.3, -0.25) is 5.10 Å². The van der Waals surface area contributed by atoms with Gasteiger partial charge in [0.1, 0.15) is 0 Å². The van der Waals surface area contributed by atoms with E-state index in [1.165, 1.54) is 6.39 Å². The lowest BCUT2D eigenvalue weighted by Gasteiger charge is -1.87. The lowest BCUT2D eigenvalue weighted by Crippen LogP contribution is -1.75. The smallest absolute Gasteiger partial charge is 0.214 e. The second kappa shape index (κ2) is 3.62. The van der Waals surface area contributed by atoms with Gasteiger partial charge >= 0.3 is 0 Å². The van der Waals surface area contributed by atoms with Crippen molar-refractivity contribution in [2.24, 2.45) is 0 Å². The molecule has 16 heavy (non-hydrogen) atoms. The molecule has 1 aromatic carbocycles. The van der Waals surface area contributed by atoms with Crippen molar-refractivity contribution >= 4 is 23.1 Å². The number of nitrogens with zero attached hydrogens (tertiary/aromatic N) is 3. The van der Waals surface area contributed by atoms with Crippen molar-refractivity contribution in [3.8, 4) is 0 Å². The average molecular weight is 212 g/mol. The Bertz CT molecular complexity index is 624. The molecule has 0 fully saturated rings. The van der Waals surface area contributed by atoms with Crippen LogP contribution < -0.4 is 0 Å². The third-order valence-corrected chi connectivity index (χ3v) is 2.27. The Morgan fingerprint density at radius 3 is 3.00 bits per heavy atom. The van der Waals surface area contributed by atoms with E-state index in [0.29, 0.717) is 5.82 Å². The molecule has 0 aliphatic rings. The number of aromatic nitrogens is 4. The summed E-state index contributed by atoms with van der Waals surface area (Å²) in [6, 6.07) is 7.93. The fourth-order valence-electron chi connectivity index (χ4n) is 1.52. The third kappa shape index (κ3) is 1.48. The van der Waals surface area contributed by atoms with Crippen molar-refractivity contribution in [2.45, 2.75) is 0 Å². The highest BCUT2D eigenvalue weighted by Crippen LogP contribution is 2.16. The number of nitrogens with one attached hydrogen (secondary N) is 1. The van der Waals surface area contributed by atoms with E-state index in [1.807, 2.05) is 30.3 Å². The van der Waals surface area contributed by atoms with Crippen LogP contribution in [0.25, 0.3) is 23.1 Å². The van der Waals surface area contributed by atoms with Crippen LogP contribution in [0.15, 0.2) is 35.2 Å². The molecule has 0 amide bonds. The predicted molar refractivity (Wildman–Crippen MR) is 59.3 cm³/mol. The molecule has 5 nitrogen and oxygen atoms in total. The molecule has 0 aliphatic carbocycles. The number of fused-ring (bicyclic) bond motifs is 1. The summed E-state index contributed by atoms with van der Waals surface area (Å²) >= 11 is 0. The second-order valence-corrected chi connectivity index (χ2v) is 3.28. The van der Waals surface area contributed by atoms with Crippen molar-refractivity contribution in [3.63, 3.8) is 0 Å². The van der Waals surface area contributed by atoms with E-state index in [1.54, 1.807) is 6.08 Å². The molecule has 0 aliphatic heterocycles. The highest BCUT2D eigenvalue weighted by Gasteiger charge is 2.01. The minimum atomic E-state index is 0.534. The lowest BCUT2D eigenvalue weighted by molar-refractivity contribution is 0.415. The first-order valence-corrected chi connectivity index (χ1v) is 4.81. The quantitative estimate of drug-likeness (QED) is 0.706. The van der Waals surface area contributed by atoms with E-state index >= 15 is 0 Å². The Labute approximate surface area is 90.8 Å². The summed E-state index contributed by atoms with van der Waals surface area (Å²) in [6.07, 6.45) is 4.90. The van der Waals surface area contributed by atoms with Gasteiger partial charge in [-0.05, 0) is 18.2 Å². The molecule has 78 valence electrons. The highest BCUT2D eigenvalue weighted by molar-refractivity contribution is 5.88. The molecule has 0 atom stereocenters. The maximum Gasteiger partial charge on any atom is 0.214 e. The van der Waals surface area contributed by atoms with Crippen molar-refractivity contribution in [1.29, 1.82) is 0 Å². The SMILES string of the molecule is C(=Cc1n[nH]c2ccccc12)c1ncon1. The number of aromatic amines is 1. The van der Waals surface area contributed by atoms with E-state index in [-0.39, 0.29) is 0 Å². The van der Waals surface area contributed by atoms with Crippen LogP contribution in [-0.2, 0) is 0 Å². The maximum atomic E-state index is 4.63. The van der Waals surface area contributed by atoms with E-state index in [4.69, 9.17) is 0 Å². The van der Waals surface area contributed by atoms with Crippen LogP contribution in [0.5, 0.6) is 0 Å². The molecular formula is C11H8N4O. The second-order valence-electron chi connectivity index (χ2n) is 3.28. The predicted octanol–water partition coefficient (Wildman–Crippen LogP) is 2.12. The first-order valence-electron chi connectivity index (χ1n) is 4.81. The molecule has 2 heterocycles. The van der Waals surface area contributed by atoms with Crippen molar-refractivity contribution in [1.82, 2.24) is 20.3 Å². The summed E-state index contributed by atoms with van der Waals surface area (Å²) < 4.78 is 4.63. The van der Waals surface area contributed by atoms with Crippen LogP contribution in [0, 0.1) is 0 Å². The molecule has 2 aromatic heterocycles. The Kier molecular flexibility index (Phi) is 2.00. The summed E-state index contributed by atoms with van der Waals surface area (Å²) in [6.45, 7) is 0. The number of hydrogen-bond acceptors (Lipinski definition) is 4. The molecule has 0 spiro atoms. The van der Waals surface area contributed by atoms with Gasteiger partial charge in [-0.2, -0.15) is 10.1 Å². The minimum Gasteiger partial charge on any atom is -0.342 e. The third-order valence-electron chi connectivity index (χ3n) is 2.27. The summed E-state index contributed by atoms with van der Waals surface area (Å²) in [7, 11) is 0. The van der Waals surface area contributed by atoms with Gasteiger partial charge in [0.15, 0.2) is 5.82 Å². The van der Waals surface area contributed by atoms with Crippen LogP contribution in [0.1, 0.15) is 11.5 Å². The molecule has 0 unspecified atom stereocenters. The first kappa shape index (κ1) is 8.84. The first-order chi connectivity index (χ1) is 7.93. The van der Waals surface area contributed by atoms with Crippen molar-refractivity contribution < 1.29 is 4.52 Å². The summed E-state index contributed by atoms with van der Waals surface area (Å²) in [5.41, 5.74) is 1.87. The number of benzene rings is 1. The molecular weight excluding hydrogens is 204 g/mol. The van der Waals surface area contributed by atoms with Crippen LogP contribution in [0.4, 0.5) is 0 Å². The number of para-hydroxylation sites is 1. The van der Waals surface area contributed by atoms with Gasteiger partial charge in [-0.25, -0.2) is 0 Å². The van der Waals surface area contributed by atoms with Crippen molar-refractivity contribution in [2.75, 3.05) is 0 Å². The van der Waals surface area contributed by atoms with Gasteiger partial charge in [-0.1, -0.05) is 23.4 Å². The Morgan fingerprint density at radius 1 is 1.19 bits per heavy atom. The lowest BCUT2D eigenvalue weighted by atomic mass is 10.2. The fourth-order valence-corrected chi connectivity index (χ4v) is 1.52. The van der Waals surface area contributed by atoms with Crippen LogP contribution >= 0.6 is 0 Å². The Morgan fingerprint density at radius 2 is 2.12 bits per heavy atom.